The summed E-state index contributed by atoms with van der Waals surface area (Å²) in [6.07, 6.45) is 4.54. The minimum absolute atomic E-state index is 0. The highest BCUT2D eigenvalue weighted by molar-refractivity contribution is 14.0. The fourth-order valence-corrected chi connectivity index (χ4v) is 2.98. The summed E-state index contributed by atoms with van der Waals surface area (Å²) < 4.78 is 10.8. The summed E-state index contributed by atoms with van der Waals surface area (Å²) in [4.78, 5) is 4.73. The van der Waals surface area contributed by atoms with Crippen molar-refractivity contribution in [3.63, 3.8) is 0 Å². The number of benzene rings is 1. The normalized spacial score (nSPS) is 16.8. The zero-order chi connectivity index (χ0) is 18.0. The summed E-state index contributed by atoms with van der Waals surface area (Å²) in [6.45, 7) is 4.05. The molecule has 27 heavy (non-hydrogen) atoms. The van der Waals surface area contributed by atoms with E-state index in [4.69, 9.17) is 25.7 Å². The number of ether oxygens (including phenoxy) is 1. The van der Waals surface area contributed by atoms with E-state index in [-0.39, 0.29) is 24.0 Å². The van der Waals surface area contributed by atoms with E-state index in [1.807, 2.05) is 24.3 Å². The minimum atomic E-state index is 0. The molecule has 1 unspecified atom stereocenters. The molecule has 148 valence electrons. The van der Waals surface area contributed by atoms with E-state index < -0.39 is 0 Å². The zero-order valence-electron chi connectivity index (χ0n) is 15.3. The first-order chi connectivity index (χ1) is 12.8. The van der Waals surface area contributed by atoms with Crippen LogP contribution < -0.4 is 10.6 Å². The van der Waals surface area contributed by atoms with Crippen molar-refractivity contribution in [2.75, 3.05) is 32.8 Å². The van der Waals surface area contributed by atoms with Crippen molar-refractivity contribution in [1.29, 1.82) is 0 Å². The molecule has 1 aromatic heterocycles. The molecular weight excluding hydrogens is 477 g/mol. The van der Waals surface area contributed by atoms with Gasteiger partial charge in [0.15, 0.2) is 5.96 Å². The van der Waals surface area contributed by atoms with Crippen LogP contribution in [0, 0.1) is 5.92 Å². The smallest absolute Gasteiger partial charge is 0.191 e. The Morgan fingerprint density at radius 3 is 2.56 bits per heavy atom. The van der Waals surface area contributed by atoms with Gasteiger partial charge in [0.05, 0.1) is 12.9 Å². The number of halogens is 2. The third-order valence-electron chi connectivity index (χ3n) is 4.39. The number of rotatable bonds is 8. The average Bonchev–Trinajstić information content (AvgIpc) is 3.35. The molecule has 0 radical (unpaired) electrons. The maximum Gasteiger partial charge on any atom is 0.191 e. The maximum absolute atomic E-state index is 5.94. The predicted molar refractivity (Wildman–Crippen MR) is 120 cm³/mol. The van der Waals surface area contributed by atoms with Gasteiger partial charge in [-0.25, -0.2) is 0 Å². The molecule has 1 atom stereocenters. The number of furan rings is 1. The van der Waals surface area contributed by atoms with Crippen LogP contribution in [0.2, 0.25) is 5.02 Å². The van der Waals surface area contributed by atoms with E-state index in [1.165, 1.54) is 5.56 Å². The van der Waals surface area contributed by atoms with Crippen molar-refractivity contribution >= 4 is 41.5 Å². The van der Waals surface area contributed by atoms with Crippen LogP contribution in [0.5, 0.6) is 0 Å². The molecule has 0 spiro atoms. The molecule has 0 bridgehead atoms. The van der Waals surface area contributed by atoms with Crippen molar-refractivity contribution in [2.24, 2.45) is 10.9 Å². The van der Waals surface area contributed by atoms with Gasteiger partial charge in [0.1, 0.15) is 5.76 Å². The number of hydrogen-bond donors (Lipinski definition) is 2. The number of guanidine groups is 1. The lowest BCUT2D eigenvalue weighted by Gasteiger charge is -2.13. The molecular formula is C20H27ClIN3O2. The lowest BCUT2D eigenvalue weighted by Crippen LogP contribution is -2.39. The largest absolute Gasteiger partial charge is 0.469 e. The molecule has 2 aromatic rings. The summed E-state index contributed by atoms with van der Waals surface area (Å²) in [7, 11) is 0. The van der Waals surface area contributed by atoms with Crippen molar-refractivity contribution in [3.05, 3.63) is 59.0 Å². The van der Waals surface area contributed by atoms with Crippen LogP contribution in [-0.2, 0) is 17.6 Å². The van der Waals surface area contributed by atoms with E-state index >= 15 is 0 Å². The second kappa shape index (κ2) is 12.3. The molecule has 2 heterocycles. The van der Waals surface area contributed by atoms with Crippen LogP contribution >= 0.6 is 35.6 Å². The summed E-state index contributed by atoms with van der Waals surface area (Å²) >= 11 is 5.94. The molecule has 7 heteroatoms. The summed E-state index contributed by atoms with van der Waals surface area (Å²) in [5.74, 6) is 2.34. The Balaban J connectivity index is 0.00000261. The molecule has 0 saturated carbocycles. The van der Waals surface area contributed by atoms with Crippen LogP contribution in [-0.4, -0.2) is 38.8 Å². The van der Waals surface area contributed by atoms with Gasteiger partial charge in [-0.15, -0.1) is 24.0 Å². The Kier molecular flexibility index (Phi) is 10.0. The molecule has 3 rings (SSSR count). The van der Waals surface area contributed by atoms with Crippen LogP contribution in [0.15, 0.2) is 52.1 Å². The van der Waals surface area contributed by atoms with E-state index in [0.717, 1.165) is 68.9 Å². The molecule has 1 saturated heterocycles. The second-order valence-corrected chi connectivity index (χ2v) is 6.91. The average molecular weight is 504 g/mol. The summed E-state index contributed by atoms with van der Waals surface area (Å²) in [6, 6.07) is 11.9. The quantitative estimate of drug-likeness (QED) is 0.326. The highest BCUT2D eigenvalue weighted by atomic mass is 127. The molecule has 1 fully saturated rings. The Morgan fingerprint density at radius 2 is 1.89 bits per heavy atom. The lowest BCUT2D eigenvalue weighted by atomic mass is 10.1. The SMILES string of the molecule is Clc1ccc(CCNC(=NCC2CCOC2)NCCc2ccco2)cc1.I. The Bertz CT molecular complexity index is 671. The molecule has 1 aliphatic rings. The number of hydrogen-bond acceptors (Lipinski definition) is 3. The highest BCUT2D eigenvalue weighted by Crippen LogP contribution is 2.12. The standard InChI is InChI=1S/C20H26ClN3O2.HI/c21-18-5-3-16(4-6-18)7-10-22-20(24-14-17-9-13-25-15-17)23-11-8-19-2-1-12-26-19;/h1-6,12,17H,7-11,13-15H2,(H2,22,23,24);1H. The molecule has 1 aromatic carbocycles. The van der Waals surface area contributed by atoms with E-state index in [0.29, 0.717) is 5.92 Å². The topological polar surface area (TPSA) is 58.8 Å². The highest BCUT2D eigenvalue weighted by Gasteiger charge is 2.15. The molecule has 0 amide bonds. The first-order valence-corrected chi connectivity index (χ1v) is 9.54. The molecule has 1 aliphatic heterocycles. The summed E-state index contributed by atoms with van der Waals surface area (Å²) in [5.41, 5.74) is 1.25. The van der Waals surface area contributed by atoms with Gasteiger partial charge in [-0.2, -0.15) is 0 Å². The van der Waals surface area contributed by atoms with Gasteiger partial charge in [0, 0.05) is 43.6 Å². The monoisotopic (exact) mass is 503 g/mol. The Labute approximate surface area is 182 Å². The van der Waals surface area contributed by atoms with E-state index in [1.54, 1.807) is 6.26 Å². The van der Waals surface area contributed by atoms with Gasteiger partial charge >= 0.3 is 0 Å². The van der Waals surface area contributed by atoms with E-state index in [9.17, 15) is 0 Å². The van der Waals surface area contributed by atoms with E-state index in [2.05, 4.69) is 22.8 Å². The minimum Gasteiger partial charge on any atom is -0.469 e. The maximum atomic E-state index is 5.94. The van der Waals surface area contributed by atoms with Crippen LogP contribution in [0.3, 0.4) is 0 Å². The van der Waals surface area contributed by atoms with Gasteiger partial charge in [-0.1, -0.05) is 23.7 Å². The second-order valence-electron chi connectivity index (χ2n) is 6.48. The van der Waals surface area contributed by atoms with Crippen molar-refractivity contribution in [1.82, 2.24) is 10.6 Å². The first kappa shape index (κ1) is 22.0. The molecule has 5 nitrogen and oxygen atoms in total. The number of nitrogens with one attached hydrogen (secondary N) is 2. The third kappa shape index (κ3) is 8.11. The van der Waals surface area contributed by atoms with Crippen molar-refractivity contribution in [2.45, 2.75) is 19.3 Å². The third-order valence-corrected chi connectivity index (χ3v) is 4.65. The van der Waals surface area contributed by atoms with Crippen LogP contribution in [0.4, 0.5) is 0 Å². The zero-order valence-corrected chi connectivity index (χ0v) is 18.4. The van der Waals surface area contributed by atoms with Crippen molar-refractivity contribution in [3.8, 4) is 0 Å². The number of nitrogens with zero attached hydrogens (tertiary/aromatic N) is 1. The van der Waals surface area contributed by atoms with Gasteiger partial charge in [0.2, 0.25) is 0 Å². The van der Waals surface area contributed by atoms with Crippen molar-refractivity contribution < 1.29 is 9.15 Å². The van der Waals surface area contributed by atoms with Gasteiger partial charge in [-0.3, -0.25) is 4.99 Å². The van der Waals surface area contributed by atoms with Crippen LogP contribution in [0.25, 0.3) is 0 Å². The Morgan fingerprint density at radius 1 is 1.11 bits per heavy atom. The predicted octanol–water partition coefficient (Wildman–Crippen LogP) is 3.91. The summed E-state index contributed by atoms with van der Waals surface area (Å²) in [5, 5.41) is 7.58. The van der Waals surface area contributed by atoms with Gasteiger partial charge in [-0.05, 0) is 42.7 Å². The fraction of sp³-hybridized carbons (Fsp3) is 0.450. The van der Waals surface area contributed by atoms with Gasteiger partial charge < -0.3 is 19.8 Å². The molecule has 0 aliphatic carbocycles. The lowest BCUT2D eigenvalue weighted by molar-refractivity contribution is 0.187. The molecule has 2 N–H and O–H groups in total. The van der Waals surface area contributed by atoms with Crippen LogP contribution in [0.1, 0.15) is 17.7 Å². The van der Waals surface area contributed by atoms with Gasteiger partial charge in [0.25, 0.3) is 0 Å². The first-order valence-electron chi connectivity index (χ1n) is 9.16. The number of aliphatic imine (C=N–C) groups is 1. The fourth-order valence-electron chi connectivity index (χ4n) is 2.86. The Hall–Kier alpha value is -1.25.